The summed E-state index contributed by atoms with van der Waals surface area (Å²) >= 11 is 1.43. The van der Waals surface area contributed by atoms with Crippen LogP contribution < -0.4 is 0 Å². The molecule has 2 aromatic heterocycles. The molecule has 4 rings (SSSR count). The third kappa shape index (κ3) is 4.16. The topological polar surface area (TPSA) is 72.1 Å². The molecule has 0 bridgehead atoms. The summed E-state index contributed by atoms with van der Waals surface area (Å²) in [5.74, 6) is 0.295. The minimum atomic E-state index is -4.40. The van der Waals surface area contributed by atoms with Crippen molar-refractivity contribution < 1.29 is 22.4 Å². The van der Waals surface area contributed by atoms with Gasteiger partial charge in [-0.25, -0.2) is 4.98 Å². The normalized spacial score (nSPS) is 17.5. The number of hydrogen-bond donors (Lipinski definition) is 0. The van der Waals surface area contributed by atoms with Crippen LogP contribution in [0, 0.1) is 6.92 Å². The molecule has 1 atom stereocenters. The van der Waals surface area contributed by atoms with Gasteiger partial charge in [0.1, 0.15) is 5.69 Å². The van der Waals surface area contributed by atoms with Crippen molar-refractivity contribution in [3.05, 3.63) is 51.8 Å². The van der Waals surface area contributed by atoms with E-state index in [1.807, 2.05) is 6.92 Å². The van der Waals surface area contributed by atoms with Gasteiger partial charge in [0.25, 0.3) is 5.91 Å². The van der Waals surface area contributed by atoms with E-state index in [9.17, 15) is 18.0 Å². The monoisotopic (exact) mass is 422 g/mol. The third-order valence-electron chi connectivity index (χ3n) is 4.80. The predicted octanol–water partition coefficient (Wildman–Crippen LogP) is 4.54. The Hall–Kier alpha value is -2.75. The average molecular weight is 422 g/mol. The Kier molecular flexibility index (Phi) is 5.12. The van der Waals surface area contributed by atoms with Gasteiger partial charge in [-0.15, -0.1) is 21.5 Å². The number of amides is 1. The van der Waals surface area contributed by atoms with Gasteiger partial charge in [0, 0.05) is 24.0 Å². The first kappa shape index (κ1) is 19.6. The summed E-state index contributed by atoms with van der Waals surface area (Å²) in [5, 5.41) is 10.6. The average Bonchev–Trinajstić information content (AvgIpc) is 3.36. The highest BCUT2D eigenvalue weighted by molar-refractivity contribution is 7.09. The fourth-order valence-corrected chi connectivity index (χ4v) is 3.89. The number of benzene rings is 1. The second-order valence-electron chi connectivity index (χ2n) is 6.86. The van der Waals surface area contributed by atoms with E-state index in [0.717, 1.165) is 30.0 Å². The first-order valence-electron chi connectivity index (χ1n) is 9.03. The largest absolute Gasteiger partial charge is 0.420 e. The summed E-state index contributed by atoms with van der Waals surface area (Å²) in [6.07, 6.45) is -2.82. The van der Waals surface area contributed by atoms with E-state index in [1.165, 1.54) is 23.5 Å². The fraction of sp³-hybridized carbons (Fsp3) is 0.368. The molecular formula is C19H17F3N4O2S. The summed E-state index contributed by atoms with van der Waals surface area (Å²) in [5.41, 5.74) is 0.113. The smallest absolute Gasteiger partial charge is 0.416 e. The highest BCUT2D eigenvalue weighted by Gasteiger charge is 2.31. The van der Waals surface area contributed by atoms with Crippen molar-refractivity contribution in [2.75, 3.05) is 13.1 Å². The lowest BCUT2D eigenvalue weighted by Gasteiger charge is -2.30. The van der Waals surface area contributed by atoms with Crippen molar-refractivity contribution >= 4 is 17.2 Å². The van der Waals surface area contributed by atoms with Crippen LogP contribution in [0.2, 0.25) is 0 Å². The number of nitrogens with zero attached hydrogens (tertiary/aromatic N) is 4. The van der Waals surface area contributed by atoms with Crippen LogP contribution >= 0.6 is 11.3 Å². The summed E-state index contributed by atoms with van der Waals surface area (Å²) in [6.45, 7) is 2.91. The van der Waals surface area contributed by atoms with Crippen LogP contribution in [0.4, 0.5) is 13.2 Å². The molecule has 1 unspecified atom stereocenters. The molecule has 0 radical (unpaired) electrons. The van der Waals surface area contributed by atoms with Gasteiger partial charge in [-0.2, -0.15) is 13.2 Å². The van der Waals surface area contributed by atoms with Gasteiger partial charge in [0.15, 0.2) is 0 Å². The van der Waals surface area contributed by atoms with Crippen molar-refractivity contribution in [3.63, 3.8) is 0 Å². The molecule has 1 amide bonds. The molecule has 0 spiro atoms. The van der Waals surface area contributed by atoms with E-state index in [-0.39, 0.29) is 17.7 Å². The zero-order valence-electron chi connectivity index (χ0n) is 15.4. The number of aryl methyl sites for hydroxylation is 1. The van der Waals surface area contributed by atoms with Gasteiger partial charge in [-0.3, -0.25) is 4.79 Å². The fourth-order valence-electron chi connectivity index (χ4n) is 3.30. The first-order valence-corrected chi connectivity index (χ1v) is 9.91. The van der Waals surface area contributed by atoms with E-state index in [1.54, 1.807) is 10.3 Å². The molecule has 0 saturated carbocycles. The Morgan fingerprint density at radius 1 is 1.24 bits per heavy atom. The summed E-state index contributed by atoms with van der Waals surface area (Å²) in [7, 11) is 0. The number of likely N-dealkylation sites (tertiary alicyclic amines) is 1. The molecule has 1 aliphatic rings. The lowest BCUT2D eigenvalue weighted by Crippen LogP contribution is -2.39. The number of carbonyl (C=O) groups is 1. The van der Waals surface area contributed by atoms with Crippen molar-refractivity contribution in [3.8, 4) is 11.5 Å². The number of thiazole rings is 1. The Labute approximate surface area is 168 Å². The number of alkyl halides is 3. The Morgan fingerprint density at radius 2 is 2.00 bits per heavy atom. The molecule has 1 aliphatic heterocycles. The molecule has 152 valence electrons. The maximum atomic E-state index is 12.7. The van der Waals surface area contributed by atoms with Crippen molar-refractivity contribution in [2.45, 2.75) is 31.9 Å². The van der Waals surface area contributed by atoms with Crippen molar-refractivity contribution in [1.82, 2.24) is 20.1 Å². The maximum absolute atomic E-state index is 12.7. The molecule has 3 aromatic rings. The number of piperidine rings is 1. The van der Waals surface area contributed by atoms with Crippen molar-refractivity contribution in [2.24, 2.45) is 0 Å². The quantitative estimate of drug-likeness (QED) is 0.620. The van der Waals surface area contributed by atoms with Crippen LogP contribution in [0.25, 0.3) is 11.5 Å². The lowest BCUT2D eigenvalue weighted by atomic mass is 9.98. The zero-order chi connectivity index (χ0) is 20.6. The molecule has 10 heteroatoms. The maximum Gasteiger partial charge on any atom is 0.416 e. The highest BCUT2D eigenvalue weighted by atomic mass is 32.1. The van der Waals surface area contributed by atoms with Crippen LogP contribution in [-0.4, -0.2) is 39.1 Å². The molecule has 1 aromatic carbocycles. The van der Waals surface area contributed by atoms with Gasteiger partial charge in [0.2, 0.25) is 11.8 Å². The van der Waals surface area contributed by atoms with Crippen LogP contribution in [0.5, 0.6) is 0 Å². The van der Waals surface area contributed by atoms with E-state index in [2.05, 4.69) is 15.2 Å². The Morgan fingerprint density at radius 3 is 2.66 bits per heavy atom. The zero-order valence-corrected chi connectivity index (χ0v) is 16.3. The molecule has 3 heterocycles. The SMILES string of the molecule is Cc1nc(C(=O)N2CCCC(c3nnc(-c4ccc(C(F)(F)F)cc4)o3)C2)cs1. The van der Waals surface area contributed by atoms with Gasteiger partial charge in [-0.1, -0.05) is 0 Å². The summed E-state index contributed by atoms with van der Waals surface area (Å²) in [4.78, 5) is 18.6. The second-order valence-corrected chi connectivity index (χ2v) is 7.92. The Balaban J connectivity index is 1.48. The van der Waals surface area contributed by atoms with Gasteiger partial charge < -0.3 is 9.32 Å². The number of aromatic nitrogens is 3. The number of rotatable bonds is 3. The number of halogens is 3. The predicted molar refractivity (Wildman–Crippen MR) is 99.5 cm³/mol. The van der Waals surface area contributed by atoms with E-state index < -0.39 is 11.7 Å². The number of hydrogen-bond acceptors (Lipinski definition) is 6. The molecule has 0 aliphatic carbocycles. The second kappa shape index (κ2) is 7.58. The van der Waals surface area contributed by atoms with Crippen LogP contribution in [0.15, 0.2) is 34.1 Å². The molecular weight excluding hydrogens is 405 g/mol. The summed E-state index contributed by atoms with van der Waals surface area (Å²) in [6, 6.07) is 4.58. The van der Waals surface area contributed by atoms with Gasteiger partial charge >= 0.3 is 6.18 Å². The molecule has 0 N–H and O–H groups in total. The lowest BCUT2D eigenvalue weighted by molar-refractivity contribution is -0.137. The minimum absolute atomic E-state index is 0.122. The molecule has 1 saturated heterocycles. The van der Waals surface area contributed by atoms with E-state index in [0.29, 0.717) is 30.2 Å². The molecule has 29 heavy (non-hydrogen) atoms. The van der Waals surface area contributed by atoms with Crippen LogP contribution in [0.3, 0.4) is 0 Å². The number of carbonyl (C=O) groups excluding carboxylic acids is 1. The third-order valence-corrected chi connectivity index (χ3v) is 5.57. The van der Waals surface area contributed by atoms with E-state index >= 15 is 0 Å². The minimum Gasteiger partial charge on any atom is -0.420 e. The Bertz CT molecular complexity index is 1010. The highest BCUT2D eigenvalue weighted by Crippen LogP contribution is 2.32. The first-order chi connectivity index (χ1) is 13.8. The van der Waals surface area contributed by atoms with Crippen LogP contribution in [-0.2, 0) is 6.18 Å². The van der Waals surface area contributed by atoms with Gasteiger partial charge in [0.05, 0.1) is 16.5 Å². The summed E-state index contributed by atoms with van der Waals surface area (Å²) < 4.78 is 43.8. The molecule has 1 fully saturated rings. The molecule has 6 nitrogen and oxygen atoms in total. The standard InChI is InChI=1S/C19H17F3N4O2S/c1-11-23-15(10-29-11)18(27)26-8-2-3-13(9-26)17-25-24-16(28-17)12-4-6-14(7-5-12)19(20,21)22/h4-7,10,13H,2-3,8-9H2,1H3. The van der Waals surface area contributed by atoms with Gasteiger partial charge in [-0.05, 0) is 44.0 Å². The van der Waals surface area contributed by atoms with E-state index in [4.69, 9.17) is 4.42 Å². The van der Waals surface area contributed by atoms with Crippen LogP contribution in [0.1, 0.15) is 45.7 Å². The van der Waals surface area contributed by atoms with Crippen molar-refractivity contribution in [1.29, 1.82) is 0 Å².